The standard InChI is InChI=1S/C16H20N2O2S/c19-12-16(6-1-2-7-16)11-17-15(20)14-13(5-10-21-14)18-8-3-4-9-18/h3-5,8-10,19H,1-2,6-7,11-12H2,(H,17,20). The van der Waals surface area contributed by atoms with Gasteiger partial charge in [0, 0.05) is 24.4 Å². The Bertz CT molecular complexity index is 598. The predicted molar refractivity (Wildman–Crippen MR) is 84.0 cm³/mol. The molecule has 3 rings (SSSR count). The molecule has 2 N–H and O–H groups in total. The zero-order chi connectivity index (χ0) is 14.7. The molecule has 0 aliphatic heterocycles. The molecule has 4 nitrogen and oxygen atoms in total. The van der Waals surface area contributed by atoms with Crippen LogP contribution in [0.1, 0.15) is 35.4 Å². The highest BCUT2D eigenvalue weighted by atomic mass is 32.1. The molecule has 112 valence electrons. The molecule has 0 spiro atoms. The van der Waals surface area contributed by atoms with Crippen molar-refractivity contribution in [2.75, 3.05) is 13.2 Å². The van der Waals surface area contributed by atoms with Crippen LogP contribution in [0.4, 0.5) is 0 Å². The van der Waals surface area contributed by atoms with Gasteiger partial charge in [0.25, 0.3) is 5.91 Å². The number of thiophene rings is 1. The van der Waals surface area contributed by atoms with E-state index in [4.69, 9.17) is 0 Å². The molecule has 5 heteroatoms. The molecule has 1 saturated carbocycles. The maximum absolute atomic E-state index is 12.4. The molecule has 2 aromatic heterocycles. The number of nitrogens with zero attached hydrogens (tertiary/aromatic N) is 1. The number of carbonyl (C=O) groups excluding carboxylic acids is 1. The van der Waals surface area contributed by atoms with E-state index in [-0.39, 0.29) is 17.9 Å². The Labute approximate surface area is 128 Å². The fourth-order valence-corrected chi connectivity index (χ4v) is 3.84. The normalized spacial score (nSPS) is 17.0. The van der Waals surface area contributed by atoms with Gasteiger partial charge in [-0.15, -0.1) is 11.3 Å². The van der Waals surface area contributed by atoms with Crippen LogP contribution in [0.3, 0.4) is 0 Å². The second-order valence-electron chi connectivity index (χ2n) is 5.77. The minimum atomic E-state index is -0.111. The molecular weight excluding hydrogens is 284 g/mol. The van der Waals surface area contributed by atoms with Crippen LogP contribution in [0.2, 0.25) is 0 Å². The Balaban J connectivity index is 1.70. The van der Waals surface area contributed by atoms with E-state index in [1.807, 2.05) is 40.5 Å². The van der Waals surface area contributed by atoms with Crippen molar-refractivity contribution in [2.45, 2.75) is 25.7 Å². The largest absolute Gasteiger partial charge is 0.396 e. The molecule has 1 fully saturated rings. The summed E-state index contributed by atoms with van der Waals surface area (Å²) in [5.74, 6) is -0.0478. The number of aliphatic hydroxyl groups is 1. The van der Waals surface area contributed by atoms with Gasteiger partial charge < -0.3 is 15.0 Å². The fourth-order valence-electron chi connectivity index (χ4n) is 3.03. The topological polar surface area (TPSA) is 54.3 Å². The molecule has 0 unspecified atom stereocenters. The van der Waals surface area contributed by atoms with Gasteiger partial charge in [-0.1, -0.05) is 12.8 Å². The summed E-state index contributed by atoms with van der Waals surface area (Å²) in [6.07, 6.45) is 8.15. The lowest BCUT2D eigenvalue weighted by molar-refractivity contribution is 0.0884. The predicted octanol–water partition coefficient (Wildman–Crippen LogP) is 2.82. The monoisotopic (exact) mass is 304 g/mol. The average Bonchev–Trinajstić information content (AvgIpc) is 3.24. The summed E-state index contributed by atoms with van der Waals surface area (Å²) >= 11 is 1.45. The van der Waals surface area contributed by atoms with Crippen LogP contribution in [0.15, 0.2) is 36.0 Å². The lowest BCUT2D eigenvalue weighted by Gasteiger charge is -2.26. The first-order chi connectivity index (χ1) is 10.2. The Hall–Kier alpha value is -1.59. The van der Waals surface area contributed by atoms with E-state index in [2.05, 4.69) is 5.32 Å². The van der Waals surface area contributed by atoms with Crippen molar-refractivity contribution in [3.05, 3.63) is 40.8 Å². The van der Waals surface area contributed by atoms with Crippen LogP contribution in [-0.2, 0) is 0 Å². The lowest BCUT2D eigenvalue weighted by Crippen LogP contribution is -2.38. The summed E-state index contributed by atoms with van der Waals surface area (Å²) in [5, 5.41) is 14.6. The van der Waals surface area contributed by atoms with Gasteiger partial charge in [-0.05, 0) is 36.4 Å². The Kier molecular flexibility index (Phi) is 4.12. The van der Waals surface area contributed by atoms with Crippen LogP contribution in [0.5, 0.6) is 0 Å². The minimum Gasteiger partial charge on any atom is -0.396 e. The number of amides is 1. The van der Waals surface area contributed by atoms with E-state index in [0.717, 1.165) is 36.2 Å². The molecule has 21 heavy (non-hydrogen) atoms. The molecule has 0 radical (unpaired) electrons. The quantitative estimate of drug-likeness (QED) is 0.892. The van der Waals surface area contributed by atoms with Crippen LogP contribution in [0.25, 0.3) is 5.69 Å². The van der Waals surface area contributed by atoms with E-state index in [1.54, 1.807) is 0 Å². The van der Waals surface area contributed by atoms with Crippen molar-refractivity contribution >= 4 is 17.2 Å². The average molecular weight is 304 g/mol. The maximum Gasteiger partial charge on any atom is 0.263 e. The summed E-state index contributed by atoms with van der Waals surface area (Å²) in [4.78, 5) is 13.2. The summed E-state index contributed by atoms with van der Waals surface area (Å²) in [7, 11) is 0. The fraction of sp³-hybridized carbons (Fsp3) is 0.438. The third kappa shape index (κ3) is 2.89. The number of rotatable bonds is 5. The van der Waals surface area contributed by atoms with E-state index in [9.17, 15) is 9.90 Å². The van der Waals surface area contributed by atoms with E-state index >= 15 is 0 Å². The second kappa shape index (κ2) is 6.03. The number of nitrogens with one attached hydrogen (secondary N) is 1. The van der Waals surface area contributed by atoms with Gasteiger partial charge in [-0.25, -0.2) is 0 Å². The maximum atomic E-state index is 12.4. The highest BCUT2D eigenvalue weighted by Gasteiger charge is 2.33. The van der Waals surface area contributed by atoms with Crippen molar-refractivity contribution in [3.8, 4) is 5.69 Å². The highest BCUT2D eigenvalue weighted by molar-refractivity contribution is 7.12. The molecular formula is C16H20N2O2S. The molecule has 0 aromatic carbocycles. The Morgan fingerprint density at radius 3 is 2.71 bits per heavy atom. The molecule has 0 saturated heterocycles. The van der Waals surface area contributed by atoms with Crippen molar-refractivity contribution < 1.29 is 9.90 Å². The Morgan fingerprint density at radius 2 is 2.05 bits per heavy atom. The molecule has 2 heterocycles. The molecule has 2 aromatic rings. The van der Waals surface area contributed by atoms with Crippen molar-refractivity contribution in [1.82, 2.24) is 9.88 Å². The Morgan fingerprint density at radius 1 is 1.33 bits per heavy atom. The first-order valence-corrected chi connectivity index (χ1v) is 8.22. The number of aromatic nitrogens is 1. The van der Waals surface area contributed by atoms with Gasteiger partial charge in [-0.3, -0.25) is 4.79 Å². The zero-order valence-electron chi connectivity index (χ0n) is 11.9. The highest BCUT2D eigenvalue weighted by Crippen LogP contribution is 2.37. The molecule has 1 aliphatic carbocycles. The van der Waals surface area contributed by atoms with Crippen molar-refractivity contribution in [1.29, 1.82) is 0 Å². The number of carbonyl (C=O) groups is 1. The first kappa shape index (κ1) is 14.4. The minimum absolute atomic E-state index is 0.0478. The van der Waals surface area contributed by atoms with Crippen LogP contribution >= 0.6 is 11.3 Å². The summed E-state index contributed by atoms with van der Waals surface area (Å²) in [5.41, 5.74) is 0.799. The van der Waals surface area contributed by atoms with E-state index < -0.39 is 0 Å². The lowest BCUT2D eigenvalue weighted by atomic mass is 9.87. The van der Waals surface area contributed by atoms with Gasteiger partial charge in [0.15, 0.2) is 0 Å². The number of hydrogen-bond donors (Lipinski definition) is 2. The van der Waals surface area contributed by atoms with Crippen molar-refractivity contribution in [3.63, 3.8) is 0 Å². The third-order valence-corrected chi connectivity index (χ3v) is 5.26. The van der Waals surface area contributed by atoms with Crippen molar-refractivity contribution in [2.24, 2.45) is 5.41 Å². The number of aliphatic hydroxyl groups excluding tert-OH is 1. The van der Waals surface area contributed by atoms with Crippen LogP contribution in [-0.4, -0.2) is 28.7 Å². The summed E-state index contributed by atoms with van der Waals surface area (Å²) in [6.45, 7) is 0.716. The number of hydrogen-bond acceptors (Lipinski definition) is 3. The van der Waals surface area contributed by atoms with Crippen LogP contribution < -0.4 is 5.32 Å². The van der Waals surface area contributed by atoms with E-state index in [0.29, 0.717) is 6.54 Å². The second-order valence-corrected chi connectivity index (χ2v) is 6.69. The first-order valence-electron chi connectivity index (χ1n) is 7.34. The van der Waals surface area contributed by atoms with Gasteiger partial charge in [-0.2, -0.15) is 0 Å². The summed E-state index contributed by atoms with van der Waals surface area (Å²) < 4.78 is 1.95. The SMILES string of the molecule is O=C(NCC1(CO)CCCC1)c1sccc1-n1cccc1. The molecule has 1 aliphatic rings. The summed E-state index contributed by atoms with van der Waals surface area (Å²) in [6, 6.07) is 5.84. The van der Waals surface area contributed by atoms with Gasteiger partial charge in [0.05, 0.1) is 12.3 Å². The molecule has 1 amide bonds. The van der Waals surface area contributed by atoms with Crippen LogP contribution in [0, 0.1) is 5.41 Å². The molecule has 0 atom stereocenters. The van der Waals surface area contributed by atoms with Gasteiger partial charge in [0.1, 0.15) is 4.88 Å². The van der Waals surface area contributed by atoms with E-state index in [1.165, 1.54) is 11.3 Å². The smallest absolute Gasteiger partial charge is 0.263 e. The third-order valence-electron chi connectivity index (χ3n) is 4.36. The zero-order valence-corrected chi connectivity index (χ0v) is 12.7. The van der Waals surface area contributed by atoms with Gasteiger partial charge in [0.2, 0.25) is 0 Å². The molecule has 0 bridgehead atoms. The van der Waals surface area contributed by atoms with Gasteiger partial charge >= 0.3 is 0 Å².